The molecule has 1 aromatic heterocycles. The fourth-order valence-corrected chi connectivity index (χ4v) is 2.63. The van der Waals surface area contributed by atoms with Gasteiger partial charge in [-0.3, -0.25) is 10.1 Å². The van der Waals surface area contributed by atoms with E-state index in [0.29, 0.717) is 0 Å². The van der Waals surface area contributed by atoms with Crippen molar-refractivity contribution in [2.24, 2.45) is 5.73 Å². The zero-order valence-corrected chi connectivity index (χ0v) is 10.9. The number of non-ortho nitro benzene ring substituents is 1. The first-order valence-corrected chi connectivity index (χ1v) is 6.28. The van der Waals surface area contributed by atoms with E-state index >= 15 is 0 Å². The van der Waals surface area contributed by atoms with Crippen molar-refractivity contribution < 1.29 is 4.92 Å². The van der Waals surface area contributed by atoms with Crippen molar-refractivity contribution in [3.05, 3.63) is 44.3 Å². The van der Waals surface area contributed by atoms with Gasteiger partial charge in [0.2, 0.25) is 0 Å². The maximum atomic E-state index is 10.8. The van der Waals surface area contributed by atoms with Crippen molar-refractivity contribution in [2.45, 2.75) is 19.9 Å². The highest BCUT2D eigenvalue weighted by atomic mass is 32.1. The van der Waals surface area contributed by atoms with Crippen LogP contribution < -0.4 is 5.73 Å². The van der Waals surface area contributed by atoms with Crippen molar-refractivity contribution in [2.75, 3.05) is 0 Å². The Morgan fingerprint density at radius 1 is 1.50 bits per heavy atom. The number of nitrogens with zero attached hydrogens (tertiary/aromatic N) is 2. The highest BCUT2D eigenvalue weighted by Gasteiger charge is 2.16. The molecule has 2 aromatic rings. The van der Waals surface area contributed by atoms with Crippen molar-refractivity contribution in [3.8, 4) is 11.3 Å². The lowest BCUT2D eigenvalue weighted by Crippen LogP contribution is -2.04. The summed E-state index contributed by atoms with van der Waals surface area (Å²) in [5, 5.41) is 11.7. The van der Waals surface area contributed by atoms with Crippen LogP contribution in [0, 0.1) is 17.0 Å². The average Bonchev–Trinajstić information content (AvgIpc) is 2.72. The molecular weight excluding hydrogens is 250 g/mol. The number of hydrogen-bond donors (Lipinski definition) is 1. The number of nitrogens with two attached hydrogens (primary N) is 1. The zero-order valence-electron chi connectivity index (χ0n) is 10.1. The smallest absolute Gasteiger partial charge is 0.270 e. The van der Waals surface area contributed by atoms with E-state index in [0.717, 1.165) is 21.1 Å². The van der Waals surface area contributed by atoms with Crippen LogP contribution in [0.1, 0.15) is 22.9 Å². The first-order chi connectivity index (χ1) is 8.49. The number of benzene rings is 1. The van der Waals surface area contributed by atoms with Crippen LogP contribution in [0.25, 0.3) is 11.3 Å². The monoisotopic (exact) mass is 263 g/mol. The molecule has 0 fully saturated rings. The zero-order chi connectivity index (χ0) is 13.3. The standard InChI is InChI=1S/C12H13N3O2S/c1-7(13)12-11(14-8(2)18-12)9-4-3-5-10(6-9)15(16)17/h3-7H,13H2,1-2H3. The van der Waals surface area contributed by atoms with Gasteiger partial charge in [-0.05, 0) is 13.8 Å². The van der Waals surface area contributed by atoms with Gasteiger partial charge < -0.3 is 5.73 Å². The van der Waals surface area contributed by atoms with Crippen molar-refractivity contribution in [3.63, 3.8) is 0 Å². The second-order valence-electron chi connectivity index (χ2n) is 4.04. The Balaban J connectivity index is 2.54. The number of thiazole rings is 1. The maximum absolute atomic E-state index is 10.8. The molecule has 0 saturated heterocycles. The van der Waals surface area contributed by atoms with Gasteiger partial charge in [-0.2, -0.15) is 0 Å². The third kappa shape index (κ3) is 2.39. The molecule has 1 atom stereocenters. The van der Waals surface area contributed by atoms with E-state index in [1.54, 1.807) is 6.07 Å². The summed E-state index contributed by atoms with van der Waals surface area (Å²) in [4.78, 5) is 15.7. The van der Waals surface area contributed by atoms with Crippen LogP contribution in [0.4, 0.5) is 5.69 Å². The number of rotatable bonds is 3. The van der Waals surface area contributed by atoms with Crippen LogP contribution in [-0.2, 0) is 0 Å². The van der Waals surface area contributed by atoms with E-state index in [2.05, 4.69) is 4.98 Å². The van der Waals surface area contributed by atoms with E-state index in [9.17, 15) is 10.1 Å². The Morgan fingerprint density at radius 3 is 2.83 bits per heavy atom. The van der Waals surface area contributed by atoms with Crippen LogP contribution in [-0.4, -0.2) is 9.91 Å². The van der Waals surface area contributed by atoms with Gasteiger partial charge in [0.25, 0.3) is 5.69 Å². The summed E-state index contributed by atoms with van der Waals surface area (Å²) < 4.78 is 0. The minimum Gasteiger partial charge on any atom is -0.323 e. The summed E-state index contributed by atoms with van der Waals surface area (Å²) in [5.41, 5.74) is 7.45. The fraction of sp³-hybridized carbons (Fsp3) is 0.250. The molecule has 0 spiro atoms. The molecule has 1 unspecified atom stereocenters. The van der Waals surface area contributed by atoms with E-state index in [1.807, 2.05) is 19.9 Å². The van der Waals surface area contributed by atoms with Gasteiger partial charge in [-0.25, -0.2) is 4.98 Å². The average molecular weight is 263 g/mol. The first kappa shape index (κ1) is 12.7. The number of hydrogen-bond acceptors (Lipinski definition) is 5. The number of nitro groups is 1. The van der Waals surface area contributed by atoms with Gasteiger partial charge in [-0.1, -0.05) is 12.1 Å². The second-order valence-corrected chi connectivity index (χ2v) is 5.28. The van der Waals surface area contributed by atoms with Gasteiger partial charge in [0, 0.05) is 28.6 Å². The summed E-state index contributed by atoms with van der Waals surface area (Å²) in [7, 11) is 0. The van der Waals surface area contributed by atoms with E-state index < -0.39 is 4.92 Å². The van der Waals surface area contributed by atoms with Crippen LogP contribution >= 0.6 is 11.3 Å². The minimum absolute atomic E-state index is 0.0637. The molecular formula is C12H13N3O2S. The summed E-state index contributed by atoms with van der Waals surface area (Å²) in [6.45, 7) is 3.78. The van der Waals surface area contributed by atoms with Gasteiger partial charge in [-0.15, -0.1) is 11.3 Å². The Labute approximate surface area is 108 Å². The first-order valence-electron chi connectivity index (χ1n) is 5.46. The predicted octanol–water partition coefficient (Wildman–Crippen LogP) is 3.05. The van der Waals surface area contributed by atoms with Crippen molar-refractivity contribution in [1.82, 2.24) is 4.98 Å². The topological polar surface area (TPSA) is 82.0 Å². The Hall–Kier alpha value is -1.79. The van der Waals surface area contributed by atoms with Gasteiger partial charge in [0.15, 0.2) is 0 Å². The lowest BCUT2D eigenvalue weighted by molar-refractivity contribution is -0.384. The quantitative estimate of drug-likeness (QED) is 0.681. The normalized spacial score (nSPS) is 12.4. The third-order valence-electron chi connectivity index (χ3n) is 2.50. The van der Waals surface area contributed by atoms with Gasteiger partial charge in [0.05, 0.1) is 15.6 Å². The third-order valence-corrected chi connectivity index (χ3v) is 3.68. The molecule has 2 N–H and O–H groups in total. The molecule has 0 aliphatic heterocycles. The highest BCUT2D eigenvalue weighted by molar-refractivity contribution is 7.12. The molecule has 0 aliphatic carbocycles. The maximum Gasteiger partial charge on any atom is 0.270 e. The number of nitro benzene ring substituents is 1. The molecule has 5 nitrogen and oxygen atoms in total. The van der Waals surface area contributed by atoms with E-state index in [4.69, 9.17) is 5.73 Å². The summed E-state index contributed by atoms with van der Waals surface area (Å²) in [5.74, 6) is 0. The van der Waals surface area contributed by atoms with Crippen molar-refractivity contribution >= 4 is 17.0 Å². The number of aryl methyl sites for hydroxylation is 1. The Kier molecular flexibility index (Phi) is 3.40. The van der Waals surface area contributed by atoms with E-state index in [1.165, 1.54) is 23.5 Å². The number of aromatic nitrogens is 1. The van der Waals surface area contributed by atoms with Crippen molar-refractivity contribution in [1.29, 1.82) is 0 Å². The molecule has 1 heterocycles. The Bertz CT molecular complexity index is 593. The van der Waals surface area contributed by atoms with Gasteiger partial charge in [0.1, 0.15) is 0 Å². The molecule has 6 heteroatoms. The molecule has 1 aromatic carbocycles. The summed E-state index contributed by atoms with van der Waals surface area (Å²) in [6.07, 6.45) is 0. The minimum atomic E-state index is -0.408. The van der Waals surface area contributed by atoms with Crippen LogP contribution in [0.5, 0.6) is 0 Å². The van der Waals surface area contributed by atoms with E-state index in [-0.39, 0.29) is 11.7 Å². The lowest BCUT2D eigenvalue weighted by Gasteiger charge is -2.05. The summed E-state index contributed by atoms with van der Waals surface area (Å²) >= 11 is 1.53. The van der Waals surface area contributed by atoms with Crippen LogP contribution in [0.2, 0.25) is 0 Å². The molecule has 18 heavy (non-hydrogen) atoms. The van der Waals surface area contributed by atoms with Crippen LogP contribution in [0.3, 0.4) is 0 Å². The molecule has 0 bridgehead atoms. The summed E-state index contributed by atoms with van der Waals surface area (Å²) in [6, 6.07) is 6.33. The molecule has 2 rings (SSSR count). The Morgan fingerprint density at radius 2 is 2.22 bits per heavy atom. The highest BCUT2D eigenvalue weighted by Crippen LogP contribution is 2.33. The largest absolute Gasteiger partial charge is 0.323 e. The predicted molar refractivity (Wildman–Crippen MR) is 71.5 cm³/mol. The molecule has 0 radical (unpaired) electrons. The molecule has 0 amide bonds. The van der Waals surface area contributed by atoms with Gasteiger partial charge >= 0.3 is 0 Å². The SMILES string of the molecule is Cc1nc(-c2cccc([N+](=O)[O-])c2)c(C(C)N)s1. The lowest BCUT2D eigenvalue weighted by atomic mass is 10.1. The molecule has 0 aliphatic rings. The van der Waals surface area contributed by atoms with Crippen LogP contribution in [0.15, 0.2) is 24.3 Å². The fourth-order valence-electron chi connectivity index (χ4n) is 1.73. The molecule has 0 saturated carbocycles. The molecule has 94 valence electrons. The second kappa shape index (κ2) is 4.83.